The molecule has 1 aliphatic heterocycles. The monoisotopic (exact) mass is 434 g/mol. The molecule has 2 aromatic carbocycles. The van der Waals surface area contributed by atoms with Crippen molar-refractivity contribution in [3.05, 3.63) is 47.0 Å². The fourth-order valence-electron chi connectivity index (χ4n) is 3.20. The molecule has 0 amide bonds. The van der Waals surface area contributed by atoms with Crippen molar-refractivity contribution >= 4 is 21.9 Å². The van der Waals surface area contributed by atoms with Crippen LogP contribution in [0.1, 0.15) is 46.5 Å². The zero-order valence-electron chi connectivity index (χ0n) is 17.3. The number of ketones is 1. The maximum absolute atomic E-state index is 12.8. The van der Waals surface area contributed by atoms with E-state index in [2.05, 4.69) is 0 Å². The van der Waals surface area contributed by atoms with E-state index in [1.165, 1.54) is 25.3 Å². The Kier molecular flexibility index (Phi) is 5.51. The molecule has 0 aliphatic carbocycles. The smallest absolute Gasteiger partial charge is 0.345 e. The topological polar surface area (TPSA) is 105 Å². The van der Waals surface area contributed by atoms with Crippen LogP contribution in [0.3, 0.4) is 0 Å². The maximum atomic E-state index is 12.8. The van der Waals surface area contributed by atoms with Crippen LogP contribution in [0, 0.1) is 6.92 Å². The summed E-state index contributed by atoms with van der Waals surface area (Å²) in [7, 11) is -1.91. The fourth-order valence-corrected chi connectivity index (χ4v) is 4.14. The van der Waals surface area contributed by atoms with E-state index in [0.717, 1.165) is 12.7 Å². The van der Waals surface area contributed by atoms with Crippen LogP contribution < -0.4 is 13.7 Å². The number of ether oxygens (including phenoxy) is 3. The van der Waals surface area contributed by atoms with Crippen molar-refractivity contribution in [3.63, 3.8) is 0 Å². The predicted molar refractivity (Wildman–Crippen MR) is 107 cm³/mol. The molecule has 3 rings (SSSR count). The molecule has 0 spiro atoms. The second-order valence-corrected chi connectivity index (χ2v) is 9.01. The number of esters is 1. The Bertz CT molecular complexity index is 1110. The molecule has 0 radical (unpaired) electrons. The first-order valence-electron chi connectivity index (χ1n) is 9.06. The van der Waals surface area contributed by atoms with Gasteiger partial charge < -0.3 is 18.4 Å². The molecule has 0 bridgehead atoms. The SMILES string of the molecule is COC(=O)c1c(OS(=O)(=O)c2ccc(C)cc2)cc2c(c1OC)C(=O)CC(C)(C)O2. The van der Waals surface area contributed by atoms with E-state index in [9.17, 15) is 18.0 Å². The van der Waals surface area contributed by atoms with Gasteiger partial charge in [0.05, 0.1) is 20.6 Å². The summed E-state index contributed by atoms with van der Waals surface area (Å²) in [4.78, 5) is 25.1. The van der Waals surface area contributed by atoms with Crippen LogP contribution >= 0.6 is 0 Å². The Balaban J connectivity index is 2.22. The summed E-state index contributed by atoms with van der Waals surface area (Å²) in [6, 6.07) is 7.22. The quantitative estimate of drug-likeness (QED) is 0.521. The van der Waals surface area contributed by atoms with Gasteiger partial charge >= 0.3 is 16.1 Å². The van der Waals surface area contributed by atoms with Gasteiger partial charge in [-0.05, 0) is 32.9 Å². The molecule has 30 heavy (non-hydrogen) atoms. The minimum absolute atomic E-state index is 0.0392. The average Bonchev–Trinajstić information content (AvgIpc) is 2.65. The Hall–Kier alpha value is -3.07. The zero-order chi connectivity index (χ0) is 22.3. The normalized spacial score (nSPS) is 15.0. The zero-order valence-corrected chi connectivity index (χ0v) is 18.1. The minimum Gasteiger partial charge on any atom is -0.495 e. The van der Waals surface area contributed by atoms with Gasteiger partial charge in [-0.1, -0.05) is 17.7 Å². The van der Waals surface area contributed by atoms with E-state index in [4.69, 9.17) is 18.4 Å². The van der Waals surface area contributed by atoms with Gasteiger partial charge in [-0.2, -0.15) is 8.42 Å². The third-order valence-electron chi connectivity index (χ3n) is 4.56. The molecule has 0 N–H and O–H groups in total. The average molecular weight is 434 g/mol. The van der Waals surface area contributed by atoms with Gasteiger partial charge in [0.1, 0.15) is 27.4 Å². The number of rotatable bonds is 5. The van der Waals surface area contributed by atoms with Gasteiger partial charge in [-0.25, -0.2) is 4.79 Å². The van der Waals surface area contributed by atoms with Crippen molar-refractivity contribution in [2.75, 3.05) is 14.2 Å². The lowest BCUT2D eigenvalue weighted by molar-refractivity contribution is 0.0588. The fraction of sp³-hybridized carbons (Fsp3) is 0.333. The number of aryl methyl sites for hydroxylation is 1. The number of methoxy groups -OCH3 is 2. The third kappa shape index (κ3) is 3.97. The molecule has 8 nitrogen and oxygen atoms in total. The molecule has 9 heteroatoms. The molecule has 0 fully saturated rings. The number of fused-ring (bicyclic) bond motifs is 1. The van der Waals surface area contributed by atoms with Crippen molar-refractivity contribution in [3.8, 4) is 17.2 Å². The number of hydrogen-bond acceptors (Lipinski definition) is 8. The van der Waals surface area contributed by atoms with E-state index in [1.807, 2.05) is 6.92 Å². The summed E-state index contributed by atoms with van der Waals surface area (Å²) in [5, 5.41) is 0. The first-order chi connectivity index (χ1) is 14.0. The van der Waals surface area contributed by atoms with Gasteiger partial charge in [0.2, 0.25) is 0 Å². The number of carbonyl (C=O) groups excluding carboxylic acids is 2. The summed E-state index contributed by atoms with van der Waals surface area (Å²) in [6.45, 7) is 5.26. The molecule has 0 saturated heterocycles. The summed E-state index contributed by atoms with van der Waals surface area (Å²) in [5.41, 5.74) is -0.230. The first kappa shape index (κ1) is 21.6. The number of carbonyl (C=O) groups is 2. The highest BCUT2D eigenvalue weighted by molar-refractivity contribution is 7.87. The van der Waals surface area contributed by atoms with E-state index in [1.54, 1.807) is 26.0 Å². The van der Waals surface area contributed by atoms with Crippen molar-refractivity contribution < 1.29 is 36.4 Å². The Morgan fingerprint density at radius 2 is 1.77 bits per heavy atom. The van der Waals surface area contributed by atoms with Crippen LogP contribution in [0.2, 0.25) is 0 Å². The maximum Gasteiger partial charge on any atom is 0.345 e. The molecular weight excluding hydrogens is 412 g/mol. The Morgan fingerprint density at radius 1 is 1.13 bits per heavy atom. The molecule has 0 unspecified atom stereocenters. The predicted octanol–water partition coefficient (Wildman–Crippen LogP) is 3.30. The van der Waals surface area contributed by atoms with Gasteiger partial charge in [0, 0.05) is 6.07 Å². The highest BCUT2D eigenvalue weighted by atomic mass is 32.2. The molecule has 0 saturated carbocycles. The molecule has 2 aromatic rings. The summed E-state index contributed by atoms with van der Waals surface area (Å²) in [5.74, 6) is -1.68. The number of hydrogen-bond donors (Lipinski definition) is 0. The van der Waals surface area contributed by atoms with Crippen LogP contribution in [0.15, 0.2) is 35.2 Å². The Morgan fingerprint density at radius 3 is 2.33 bits per heavy atom. The summed E-state index contributed by atoms with van der Waals surface area (Å²) < 4.78 is 46.9. The van der Waals surface area contributed by atoms with Crippen LogP contribution in [0.5, 0.6) is 17.2 Å². The lowest BCUT2D eigenvalue weighted by Gasteiger charge is -2.33. The van der Waals surface area contributed by atoms with Crippen molar-refractivity contribution in [1.82, 2.24) is 0 Å². The van der Waals surface area contributed by atoms with Gasteiger partial charge in [0.15, 0.2) is 17.3 Å². The first-order valence-corrected chi connectivity index (χ1v) is 10.5. The highest BCUT2D eigenvalue weighted by Crippen LogP contribution is 2.45. The molecular formula is C21H22O8S. The second kappa shape index (κ2) is 7.64. The lowest BCUT2D eigenvalue weighted by atomic mass is 9.91. The van der Waals surface area contributed by atoms with Crippen molar-refractivity contribution in [1.29, 1.82) is 0 Å². The highest BCUT2D eigenvalue weighted by Gasteiger charge is 2.39. The summed E-state index contributed by atoms with van der Waals surface area (Å²) in [6.07, 6.45) is 0.0544. The van der Waals surface area contributed by atoms with Crippen LogP contribution in [0.25, 0.3) is 0 Å². The van der Waals surface area contributed by atoms with Gasteiger partial charge in [-0.3, -0.25) is 4.79 Å². The van der Waals surface area contributed by atoms with E-state index in [-0.39, 0.29) is 45.5 Å². The minimum atomic E-state index is -4.29. The molecule has 1 heterocycles. The van der Waals surface area contributed by atoms with Crippen LogP contribution in [0.4, 0.5) is 0 Å². The molecule has 0 atom stereocenters. The molecule has 0 aromatic heterocycles. The molecule has 1 aliphatic rings. The largest absolute Gasteiger partial charge is 0.495 e. The second-order valence-electron chi connectivity index (χ2n) is 7.46. The number of Topliss-reactive ketones (excluding diaryl/α,β-unsaturated/α-hetero) is 1. The van der Waals surface area contributed by atoms with Crippen molar-refractivity contribution in [2.24, 2.45) is 0 Å². The molecule has 160 valence electrons. The third-order valence-corrected chi connectivity index (χ3v) is 5.81. The van der Waals surface area contributed by atoms with E-state index in [0.29, 0.717) is 0 Å². The van der Waals surface area contributed by atoms with Crippen LogP contribution in [-0.4, -0.2) is 40.0 Å². The van der Waals surface area contributed by atoms with Crippen LogP contribution in [-0.2, 0) is 14.9 Å². The van der Waals surface area contributed by atoms with Gasteiger partial charge in [0.25, 0.3) is 0 Å². The lowest BCUT2D eigenvalue weighted by Crippen LogP contribution is -2.36. The summed E-state index contributed by atoms with van der Waals surface area (Å²) >= 11 is 0. The number of benzene rings is 2. The van der Waals surface area contributed by atoms with E-state index < -0.39 is 21.7 Å². The standard InChI is InChI=1S/C21H22O8S/c1-12-6-8-13(9-7-12)30(24,25)29-16-10-15-17(14(22)11-21(2,3)28-15)19(26-4)18(16)20(23)27-5/h6-10H,11H2,1-5H3. The Labute approximate surface area is 174 Å². The van der Waals surface area contributed by atoms with E-state index >= 15 is 0 Å². The van der Waals surface area contributed by atoms with Gasteiger partial charge in [-0.15, -0.1) is 0 Å². The van der Waals surface area contributed by atoms with Crippen molar-refractivity contribution in [2.45, 2.75) is 37.7 Å².